The number of nitrogens with one attached hydrogen (secondary N) is 3. The molecule has 0 radical (unpaired) electrons. The molecule has 13 nitrogen and oxygen atoms in total. The zero-order valence-electron chi connectivity index (χ0n) is 36.1. The van der Waals surface area contributed by atoms with Gasteiger partial charge in [0, 0.05) is 54.4 Å². The number of hydrogen-bond donors (Lipinski definition) is 6. The third-order valence-corrected chi connectivity index (χ3v) is 14.2. The minimum Gasteiger partial charge on any atom is -0.481 e. The maximum absolute atomic E-state index is 12.5. The van der Waals surface area contributed by atoms with Gasteiger partial charge >= 0.3 is 17.9 Å². The van der Waals surface area contributed by atoms with Crippen LogP contribution in [-0.2, 0) is 53.3 Å². The molecule has 3 aromatic carbocycles. The smallest absolute Gasteiger partial charge is 0.307 e. The zero-order valence-corrected chi connectivity index (χ0v) is 36.1. The first kappa shape index (κ1) is 43.4. The van der Waals surface area contributed by atoms with E-state index in [0.717, 1.165) is 105 Å². The fourth-order valence-corrected chi connectivity index (χ4v) is 10.6. The molecule has 13 heteroatoms. The van der Waals surface area contributed by atoms with Gasteiger partial charge in [-0.3, -0.25) is 34.2 Å². The lowest BCUT2D eigenvalue weighted by atomic mass is 9.85. The SMILES string of the molecule is O=C(O)[C@@H](Cc1ccc2nccc(CN(Cc3ccnc4ccc(C[C@H](C(=O)O)[C@H]5CCNC5)cc34)Cc3ccnc4ccc(C[C@H](C(=O)O)[C@H]5CCNC5)cc34)c2c1)[C@H]1CCNC1. The van der Waals surface area contributed by atoms with Gasteiger partial charge in [0.1, 0.15) is 0 Å². The highest BCUT2D eigenvalue weighted by atomic mass is 16.4. The largest absolute Gasteiger partial charge is 0.481 e. The Labute approximate surface area is 372 Å². The molecule has 332 valence electrons. The molecule has 64 heavy (non-hydrogen) atoms. The Morgan fingerprint density at radius 2 is 0.812 bits per heavy atom. The third kappa shape index (κ3) is 9.78. The van der Waals surface area contributed by atoms with Gasteiger partial charge in [-0.25, -0.2) is 0 Å². The van der Waals surface area contributed by atoms with Crippen molar-refractivity contribution in [3.63, 3.8) is 0 Å². The van der Waals surface area contributed by atoms with Crippen molar-refractivity contribution in [1.82, 2.24) is 35.8 Å². The van der Waals surface area contributed by atoms with E-state index in [-0.39, 0.29) is 17.8 Å². The van der Waals surface area contributed by atoms with Gasteiger partial charge in [-0.05, 0) is 184 Å². The molecule has 3 aromatic heterocycles. The second-order valence-electron chi connectivity index (χ2n) is 18.3. The van der Waals surface area contributed by atoms with Gasteiger partial charge in [0.05, 0.1) is 34.3 Å². The summed E-state index contributed by atoms with van der Waals surface area (Å²) in [6.45, 7) is 6.24. The molecule has 3 saturated heterocycles. The minimum atomic E-state index is -0.769. The third-order valence-electron chi connectivity index (χ3n) is 14.2. The molecule has 0 spiro atoms. The number of pyridine rings is 3. The fraction of sp³-hybridized carbons (Fsp3) is 0.412. The number of aromatic nitrogens is 3. The van der Waals surface area contributed by atoms with Gasteiger partial charge in [0.15, 0.2) is 0 Å². The number of nitrogens with zero attached hydrogens (tertiary/aromatic N) is 4. The van der Waals surface area contributed by atoms with Crippen LogP contribution in [0.5, 0.6) is 0 Å². The number of fused-ring (bicyclic) bond motifs is 3. The maximum atomic E-state index is 12.5. The predicted molar refractivity (Wildman–Crippen MR) is 246 cm³/mol. The molecular weight excluding hydrogens is 807 g/mol. The van der Waals surface area contributed by atoms with Crippen molar-refractivity contribution in [3.05, 3.63) is 125 Å². The van der Waals surface area contributed by atoms with Gasteiger partial charge in [0.2, 0.25) is 0 Å². The zero-order chi connectivity index (χ0) is 44.2. The Kier molecular flexibility index (Phi) is 13.2. The fourth-order valence-electron chi connectivity index (χ4n) is 10.6. The van der Waals surface area contributed by atoms with E-state index in [0.29, 0.717) is 58.5 Å². The van der Waals surface area contributed by atoms with E-state index in [1.54, 1.807) is 0 Å². The molecular formula is C51H57N7O6. The van der Waals surface area contributed by atoms with Crippen LogP contribution >= 0.6 is 0 Å². The van der Waals surface area contributed by atoms with Crippen molar-refractivity contribution in [2.75, 3.05) is 39.3 Å². The van der Waals surface area contributed by atoms with Crippen LogP contribution in [0.2, 0.25) is 0 Å². The van der Waals surface area contributed by atoms with E-state index in [4.69, 9.17) is 15.0 Å². The number of carboxylic acids is 3. The van der Waals surface area contributed by atoms with Crippen molar-refractivity contribution >= 4 is 50.6 Å². The monoisotopic (exact) mass is 863 g/mol. The Hall–Kier alpha value is -5.86. The summed E-state index contributed by atoms with van der Waals surface area (Å²) in [4.78, 5) is 54.1. The van der Waals surface area contributed by atoms with E-state index in [1.165, 1.54) is 0 Å². The first-order valence-corrected chi connectivity index (χ1v) is 22.8. The molecule has 6 N–H and O–H groups in total. The van der Waals surface area contributed by atoms with E-state index in [2.05, 4.69) is 39.0 Å². The Bertz CT molecular complexity index is 2370. The summed E-state index contributed by atoms with van der Waals surface area (Å²) in [5.41, 5.74) is 8.59. The van der Waals surface area contributed by atoms with Crippen molar-refractivity contribution < 1.29 is 29.7 Å². The minimum absolute atomic E-state index is 0.0768. The first-order chi connectivity index (χ1) is 31.2. The first-order valence-electron chi connectivity index (χ1n) is 22.8. The standard InChI is InChI=1S/C51H57N7O6/c59-49(60)43(34-7-13-52-25-34)22-31-1-4-46-40(19-31)37(10-16-55-46)28-58(29-38-11-17-56-47-5-2-32(20-41(38)47)23-44(50(61)62)35-8-14-53-26-35)30-39-12-18-57-48-6-3-33(21-42(39)48)24-45(51(63)64)36-9-15-54-27-36/h1-6,10-12,16-21,34-36,43-45,52-54H,7-9,13-15,22-30H2,(H,59,60)(H,61,62)(H,63,64)/t34-,35-,36-,43-,44-,45-/m0/s1. The van der Waals surface area contributed by atoms with E-state index in [1.807, 2.05) is 73.2 Å². The van der Waals surface area contributed by atoms with Crippen LogP contribution in [0.1, 0.15) is 52.6 Å². The number of benzene rings is 3. The highest BCUT2D eigenvalue weighted by Crippen LogP contribution is 2.32. The van der Waals surface area contributed by atoms with Gasteiger partial charge in [-0.15, -0.1) is 0 Å². The second kappa shape index (κ2) is 19.5. The Morgan fingerprint density at radius 1 is 0.500 bits per heavy atom. The van der Waals surface area contributed by atoms with Gasteiger partial charge in [-0.2, -0.15) is 0 Å². The molecule has 6 atom stereocenters. The van der Waals surface area contributed by atoms with Gasteiger partial charge in [-0.1, -0.05) is 18.2 Å². The average molecular weight is 864 g/mol. The normalized spacial score (nSPS) is 20.3. The number of carbonyl (C=O) groups is 3. The maximum Gasteiger partial charge on any atom is 0.307 e. The van der Waals surface area contributed by atoms with Crippen LogP contribution in [0, 0.1) is 35.5 Å². The van der Waals surface area contributed by atoms with Crippen molar-refractivity contribution in [3.8, 4) is 0 Å². The summed E-state index contributed by atoms with van der Waals surface area (Å²) in [7, 11) is 0. The summed E-state index contributed by atoms with van der Waals surface area (Å²) in [5.74, 6) is -3.53. The van der Waals surface area contributed by atoms with Crippen LogP contribution < -0.4 is 16.0 Å². The molecule has 6 heterocycles. The highest BCUT2D eigenvalue weighted by Gasteiger charge is 2.33. The number of hydrogen-bond acceptors (Lipinski definition) is 10. The topological polar surface area (TPSA) is 190 Å². The summed E-state index contributed by atoms with van der Waals surface area (Å²) in [6.07, 6.45) is 9.35. The summed E-state index contributed by atoms with van der Waals surface area (Å²) in [6, 6.07) is 24.5. The van der Waals surface area contributed by atoms with Crippen molar-refractivity contribution in [2.45, 2.75) is 58.2 Å². The van der Waals surface area contributed by atoms with Crippen LogP contribution in [-0.4, -0.2) is 92.3 Å². The lowest BCUT2D eigenvalue weighted by Gasteiger charge is -2.25. The summed E-state index contributed by atoms with van der Waals surface area (Å²) < 4.78 is 0. The number of carboxylic acid groups (broad SMARTS) is 3. The van der Waals surface area contributed by atoms with Crippen molar-refractivity contribution in [2.24, 2.45) is 35.5 Å². The molecule has 9 rings (SSSR count). The number of rotatable bonds is 18. The Morgan fingerprint density at radius 3 is 1.08 bits per heavy atom. The summed E-state index contributed by atoms with van der Waals surface area (Å²) >= 11 is 0. The lowest BCUT2D eigenvalue weighted by molar-refractivity contribution is -0.144. The molecule has 3 aliphatic rings. The molecule has 3 fully saturated rings. The van der Waals surface area contributed by atoms with Gasteiger partial charge in [0.25, 0.3) is 0 Å². The van der Waals surface area contributed by atoms with Crippen LogP contribution in [0.15, 0.2) is 91.4 Å². The molecule has 3 aliphatic heterocycles. The van der Waals surface area contributed by atoms with Crippen LogP contribution in [0.3, 0.4) is 0 Å². The van der Waals surface area contributed by atoms with E-state index < -0.39 is 35.7 Å². The quantitative estimate of drug-likeness (QED) is 0.0583. The number of aliphatic carboxylic acids is 3. The van der Waals surface area contributed by atoms with Gasteiger partial charge < -0.3 is 31.3 Å². The molecule has 6 aromatic rings. The molecule has 0 bridgehead atoms. The molecule has 0 unspecified atom stereocenters. The van der Waals surface area contributed by atoms with Crippen molar-refractivity contribution in [1.29, 1.82) is 0 Å². The highest BCUT2D eigenvalue weighted by molar-refractivity contribution is 5.85. The average Bonchev–Trinajstić information content (AvgIpc) is 4.13. The lowest BCUT2D eigenvalue weighted by Crippen LogP contribution is -2.27. The van der Waals surface area contributed by atoms with E-state index in [9.17, 15) is 29.7 Å². The van der Waals surface area contributed by atoms with Crippen LogP contribution in [0.4, 0.5) is 0 Å². The molecule has 0 amide bonds. The molecule has 0 saturated carbocycles. The second-order valence-corrected chi connectivity index (χ2v) is 18.3. The van der Waals surface area contributed by atoms with Crippen LogP contribution in [0.25, 0.3) is 32.7 Å². The van der Waals surface area contributed by atoms with E-state index >= 15 is 0 Å². The molecule has 0 aliphatic carbocycles. The summed E-state index contributed by atoms with van der Waals surface area (Å²) in [5, 5.41) is 43.7. The predicted octanol–water partition coefficient (Wildman–Crippen LogP) is 6.09. The Balaban J connectivity index is 1.08.